The lowest BCUT2D eigenvalue weighted by Crippen LogP contribution is -2.49. The molecule has 12 nitrogen and oxygen atoms in total. The molecule has 0 unspecified atom stereocenters. The van der Waals surface area contributed by atoms with E-state index in [-0.39, 0.29) is 12.7 Å². The van der Waals surface area contributed by atoms with E-state index in [0.717, 1.165) is 91.6 Å². The normalized spacial score (nSPS) is 17.4. The number of carbonyl (C=O) groups excluding carboxylic acids is 1. The summed E-state index contributed by atoms with van der Waals surface area (Å²) in [5.41, 5.74) is 3.98. The van der Waals surface area contributed by atoms with Crippen molar-refractivity contribution >= 4 is 28.3 Å². The first-order valence-electron chi connectivity index (χ1n) is 15.4. The molecule has 1 amide bonds. The maximum Gasteiger partial charge on any atom is 0.318 e. The molecular formula is C32H41N7O5. The highest BCUT2D eigenvalue weighted by Crippen LogP contribution is 2.36. The fraction of sp³-hybridized carbons (Fsp3) is 0.500. The quantitative estimate of drug-likeness (QED) is 0.183. The maximum absolute atomic E-state index is 12.2. The number of morpholine rings is 1. The Morgan fingerprint density at radius 1 is 1.05 bits per heavy atom. The number of rotatable bonds is 11. The van der Waals surface area contributed by atoms with Crippen LogP contribution in [0.3, 0.4) is 0 Å². The van der Waals surface area contributed by atoms with Crippen LogP contribution in [0.4, 0.5) is 11.5 Å². The molecule has 2 fully saturated rings. The molecule has 2 saturated heterocycles. The molecule has 0 radical (unpaired) electrons. The van der Waals surface area contributed by atoms with E-state index in [1.54, 1.807) is 7.11 Å². The van der Waals surface area contributed by atoms with E-state index in [1.165, 1.54) is 6.08 Å². The van der Waals surface area contributed by atoms with Gasteiger partial charge in [-0.1, -0.05) is 12.6 Å². The van der Waals surface area contributed by atoms with Crippen molar-refractivity contribution in [1.29, 1.82) is 0 Å². The van der Waals surface area contributed by atoms with Crippen LogP contribution in [-0.4, -0.2) is 117 Å². The van der Waals surface area contributed by atoms with Crippen molar-refractivity contribution in [1.82, 2.24) is 24.8 Å². The second-order valence-corrected chi connectivity index (χ2v) is 11.2. The van der Waals surface area contributed by atoms with Crippen molar-refractivity contribution in [2.45, 2.75) is 19.4 Å². The topological polar surface area (TPSA) is 106 Å². The average Bonchev–Trinajstić information content (AvgIpc) is 3.08. The van der Waals surface area contributed by atoms with Crippen molar-refractivity contribution < 1.29 is 23.7 Å². The summed E-state index contributed by atoms with van der Waals surface area (Å²) < 4.78 is 22.7. The summed E-state index contributed by atoms with van der Waals surface area (Å²) in [5, 5.41) is 1.00. The van der Waals surface area contributed by atoms with E-state index in [9.17, 15) is 4.79 Å². The van der Waals surface area contributed by atoms with E-state index in [0.29, 0.717) is 45.3 Å². The number of benzene rings is 1. The largest absolute Gasteiger partial charge is 0.467 e. The molecule has 12 heteroatoms. The molecule has 0 spiro atoms. The molecule has 3 aliphatic heterocycles. The first kappa shape index (κ1) is 30.0. The van der Waals surface area contributed by atoms with E-state index in [4.69, 9.17) is 33.9 Å². The molecule has 6 rings (SSSR count). The van der Waals surface area contributed by atoms with Crippen LogP contribution in [0.1, 0.15) is 17.7 Å². The number of anilines is 2. The fourth-order valence-corrected chi connectivity index (χ4v) is 6.06. The van der Waals surface area contributed by atoms with E-state index in [2.05, 4.69) is 21.3 Å². The summed E-state index contributed by atoms with van der Waals surface area (Å²) in [6.07, 6.45) is 4.86. The Balaban J connectivity index is 1.25. The highest BCUT2D eigenvalue weighted by molar-refractivity contribution is 5.92. The number of methoxy groups -OCH3 is 1. The van der Waals surface area contributed by atoms with Crippen LogP contribution in [0.5, 0.6) is 11.8 Å². The minimum atomic E-state index is -0.0353. The van der Waals surface area contributed by atoms with Gasteiger partial charge >= 0.3 is 6.01 Å². The number of ether oxygens (including phenoxy) is 4. The van der Waals surface area contributed by atoms with Crippen molar-refractivity contribution in [3.8, 4) is 11.8 Å². The highest BCUT2D eigenvalue weighted by atomic mass is 16.7. The van der Waals surface area contributed by atoms with Gasteiger partial charge in [0.05, 0.1) is 43.3 Å². The van der Waals surface area contributed by atoms with Crippen LogP contribution >= 0.6 is 0 Å². The van der Waals surface area contributed by atoms with Gasteiger partial charge in [-0.2, -0.15) is 9.97 Å². The predicted octanol–water partition coefficient (Wildman–Crippen LogP) is 2.51. The van der Waals surface area contributed by atoms with Gasteiger partial charge in [-0.25, -0.2) is 0 Å². The third-order valence-corrected chi connectivity index (χ3v) is 8.38. The Morgan fingerprint density at radius 3 is 2.68 bits per heavy atom. The molecule has 3 aromatic rings. The van der Waals surface area contributed by atoms with Crippen molar-refractivity contribution in [3.63, 3.8) is 0 Å². The molecule has 0 aliphatic carbocycles. The minimum Gasteiger partial charge on any atom is -0.467 e. The lowest BCUT2D eigenvalue weighted by molar-refractivity contribution is -0.126. The predicted molar refractivity (Wildman–Crippen MR) is 167 cm³/mol. The van der Waals surface area contributed by atoms with Crippen molar-refractivity contribution in [2.75, 3.05) is 95.9 Å². The number of piperazine rings is 1. The zero-order chi connectivity index (χ0) is 30.3. The Morgan fingerprint density at radius 2 is 1.89 bits per heavy atom. The van der Waals surface area contributed by atoms with E-state index >= 15 is 0 Å². The van der Waals surface area contributed by atoms with Gasteiger partial charge in [0.25, 0.3) is 0 Å². The standard InChI is InChI=1S/C32H41N7O5/c1-3-29(40)37-11-13-38(14-12-37)31-26-7-10-39(28-21-25(44-23-41-2)20-24-6-4-8-33-30(24)28)22-27(26)34-32(35-31)43-17-5-9-36-15-18-42-19-16-36/h3-4,6,8,20-21H,1,5,7,9-19,22-23H2,2H3. The van der Waals surface area contributed by atoms with Gasteiger partial charge in [0.2, 0.25) is 5.91 Å². The van der Waals surface area contributed by atoms with Crippen molar-refractivity contribution in [2.24, 2.45) is 0 Å². The Bertz CT molecular complexity index is 1460. The maximum atomic E-state index is 12.2. The zero-order valence-corrected chi connectivity index (χ0v) is 25.4. The first-order chi connectivity index (χ1) is 21.6. The van der Waals surface area contributed by atoms with E-state index in [1.807, 2.05) is 35.4 Å². The lowest BCUT2D eigenvalue weighted by Gasteiger charge is -2.38. The van der Waals surface area contributed by atoms with Crippen LogP contribution in [0.25, 0.3) is 10.9 Å². The Labute approximate surface area is 258 Å². The third-order valence-electron chi connectivity index (χ3n) is 8.38. The number of amides is 1. The first-order valence-corrected chi connectivity index (χ1v) is 15.4. The lowest BCUT2D eigenvalue weighted by atomic mass is 10.0. The summed E-state index contributed by atoms with van der Waals surface area (Å²) in [6.45, 7) is 12.8. The number of pyridine rings is 1. The van der Waals surface area contributed by atoms with Gasteiger partial charge in [-0.05, 0) is 31.1 Å². The van der Waals surface area contributed by atoms with Crippen LogP contribution in [0.15, 0.2) is 43.1 Å². The summed E-state index contributed by atoms with van der Waals surface area (Å²) in [7, 11) is 1.61. The third kappa shape index (κ3) is 6.87. The van der Waals surface area contributed by atoms with Crippen LogP contribution < -0.4 is 19.3 Å². The fourth-order valence-electron chi connectivity index (χ4n) is 6.06. The number of hydrogen-bond acceptors (Lipinski definition) is 11. The SMILES string of the molecule is C=CC(=O)N1CCN(c2nc(OCCCN3CCOCC3)nc3c2CCN(c2cc(OCOC)cc4cccnc24)C3)CC1. The van der Waals surface area contributed by atoms with Gasteiger partial charge in [0, 0.05) is 82.7 Å². The number of nitrogens with zero attached hydrogens (tertiary/aromatic N) is 7. The molecule has 1 aromatic carbocycles. The summed E-state index contributed by atoms with van der Waals surface area (Å²) in [5.74, 6) is 1.60. The monoisotopic (exact) mass is 603 g/mol. The number of fused-ring (bicyclic) bond motifs is 2. The molecule has 0 N–H and O–H groups in total. The molecule has 5 heterocycles. The second kappa shape index (κ2) is 14.2. The van der Waals surface area contributed by atoms with Crippen LogP contribution in [0.2, 0.25) is 0 Å². The molecule has 44 heavy (non-hydrogen) atoms. The smallest absolute Gasteiger partial charge is 0.318 e. The van der Waals surface area contributed by atoms with Gasteiger partial charge in [0.1, 0.15) is 11.6 Å². The molecule has 2 aromatic heterocycles. The number of carbonyl (C=O) groups is 1. The molecule has 0 atom stereocenters. The Kier molecular flexibility index (Phi) is 9.69. The van der Waals surface area contributed by atoms with Gasteiger partial charge in [-0.3, -0.25) is 14.7 Å². The second-order valence-electron chi connectivity index (χ2n) is 11.2. The van der Waals surface area contributed by atoms with E-state index < -0.39 is 0 Å². The summed E-state index contributed by atoms with van der Waals surface area (Å²) in [4.78, 5) is 35.6. The summed E-state index contributed by atoms with van der Waals surface area (Å²) >= 11 is 0. The number of hydrogen-bond donors (Lipinski definition) is 0. The Hall–Kier alpha value is -4.00. The molecule has 0 saturated carbocycles. The minimum absolute atomic E-state index is 0.0353. The van der Waals surface area contributed by atoms with Crippen molar-refractivity contribution in [3.05, 3.63) is 54.4 Å². The molecule has 0 bridgehead atoms. The van der Waals surface area contributed by atoms with Gasteiger partial charge < -0.3 is 33.6 Å². The van der Waals surface area contributed by atoms with Crippen LogP contribution in [0, 0.1) is 0 Å². The number of aromatic nitrogens is 3. The van der Waals surface area contributed by atoms with Gasteiger partial charge in [0.15, 0.2) is 6.79 Å². The summed E-state index contributed by atoms with van der Waals surface area (Å²) in [6, 6.07) is 8.39. The average molecular weight is 604 g/mol. The van der Waals surface area contributed by atoms with Gasteiger partial charge in [-0.15, -0.1) is 0 Å². The highest BCUT2D eigenvalue weighted by Gasteiger charge is 2.29. The molecule has 234 valence electrons. The molecule has 3 aliphatic rings. The molecular weight excluding hydrogens is 562 g/mol. The zero-order valence-electron chi connectivity index (χ0n) is 25.4. The van der Waals surface area contributed by atoms with Crippen LogP contribution in [-0.2, 0) is 27.2 Å².